The molecule has 2 N–H and O–H groups in total. The van der Waals surface area contributed by atoms with E-state index >= 15 is 0 Å². The number of nitrogens with zero attached hydrogens (tertiary/aromatic N) is 2. The van der Waals surface area contributed by atoms with Crippen molar-refractivity contribution in [2.45, 2.75) is 19.3 Å². The van der Waals surface area contributed by atoms with Crippen molar-refractivity contribution < 1.29 is 9.90 Å². The molecular weight excluding hydrogens is 242 g/mol. The van der Waals surface area contributed by atoms with Crippen molar-refractivity contribution in [1.29, 1.82) is 0 Å². The average molecular weight is 252 g/mol. The van der Waals surface area contributed by atoms with E-state index in [1.54, 1.807) is 6.07 Å². The van der Waals surface area contributed by atoms with Crippen molar-refractivity contribution in [2.24, 2.45) is 5.92 Å². The molecule has 0 spiro atoms. The van der Waals surface area contributed by atoms with E-state index < -0.39 is 5.97 Å². The topological polar surface area (TPSA) is 78.9 Å². The molecule has 0 fully saturated rings. The van der Waals surface area contributed by atoms with Gasteiger partial charge in [0.15, 0.2) is 10.8 Å². The molecular formula is C11H10ClN3O2. The van der Waals surface area contributed by atoms with Gasteiger partial charge in [0.25, 0.3) is 0 Å². The van der Waals surface area contributed by atoms with E-state index in [0.717, 1.165) is 23.1 Å². The van der Waals surface area contributed by atoms with Gasteiger partial charge < -0.3 is 10.1 Å². The van der Waals surface area contributed by atoms with Crippen LogP contribution in [0, 0.1) is 5.92 Å². The number of halogens is 1. The van der Waals surface area contributed by atoms with Gasteiger partial charge >= 0.3 is 5.97 Å². The number of hydrogen-bond acceptors (Lipinski definition) is 3. The summed E-state index contributed by atoms with van der Waals surface area (Å²) in [6, 6.07) is 1.74. The molecule has 0 amide bonds. The second kappa shape index (κ2) is 3.70. The Bertz CT molecular complexity index is 608. The lowest BCUT2D eigenvalue weighted by atomic mass is 9.87. The van der Waals surface area contributed by atoms with Crippen LogP contribution in [0.2, 0.25) is 5.15 Å². The monoisotopic (exact) mass is 251 g/mol. The average Bonchev–Trinajstić information content (AvgIpc) is 2.66. The summed E-state index contributed by atoms with van der Waals surface area (Å²) >= 11 is 5.81. The van der Waals surface area contributed by atoms with Crippen molar-refractivity contribution in [1.82, 2.24) is 15.2 Å². The molecule has 2 aromatic rings. The van der Waals surface area contributed by atoms with Crippen molar-refractivity contribution in [2.75, 3.05) is 0 Å². The molecule has 5 nitrogen and oxygen atoms in total. The van der Waals surface area contributed by atoms with Crippen LogP contribution >= 0.6 is 11.6 Å². The first-order valence-corrected chi connectivity index (χ1v) is 5.78. The third kappa shape index (κ3) is 1.67. The molecule has 2 aromatic heterocycles. The van der Waals surface area contributed by atoms with E-state index in [9.17, 15) is 4.79 Å². The van der Waals surface area contributed by atoms with Gasteiger partial charge in [-0.1, -0.05) is 11.6 Å². The van der Waals surface area contributed by atoms with Crippen LogP contribution in [0.25, 0.3) is 11.0 Å². The number of aliphatic carboxylic acids is 1. The summed E-state index contributed by atoms with van der Waals surface area (Å²) < 4.78 is 0. The smallest absolute Gasteiger partial charge is 0.306 e. The number of H-pyrrole nitrogens is 1. The van der Waals surface area contributed by atoms with Gasteiger partial charge in [0, 0.05) is 11.1 Å². The highest BCUT2D eigenvalue weighted by atomic mass is 35.5. The Labute approximate surface area is 102 Å². The minimum absolute atomic E-state index is 0.312. The predicted molar refractivity (Wildman–Crippen MR) is 62.0 cm³/mol. The van der Waals surface area contributed by atoms with Crippen LogP contribution in [0.15, 0.2) is 6.07 Å². The standard InChI is InChI=1S/C11H10ClN3O2/c12-9-4-7-6-3-5(11(16)17)1-2-8(6)13-10(7)15-14-9/h4-5H,1-3H2,(H,13,15)(H,16,17). The molecule has 1 aliphatic rings. The van der Waals surface area contributed by atoms with E-state index in [0.29, 0.717) is 23.6 Å². The van der Waals surface area contributed by atoms with Crippen molar-refractivity contribution in [3.63, 3.8) is 0 Å². The summed E-state index contributed by atoms with van der Waals surface area (Å²) in [5, 5.41) is 18.0. The number of carboxylic acids is 1. The van der Waals surface area contributed by atoms with Gasteiger partial charge in [-0.25, -0.2) is 0 Å². The molecule has 17 heavy (non-hydrogen) atoms. The minimum Gasteiger partial charge on any atom is -0.481 e. The lowest BCUT2D eigenvalue weighted by Crippen LogP contribution is -2.21. The van der Waals surface area contributed by atoms with Crippen LogP contribution in [-0.4, -0.2) is 26.3 Å². The van der Waals surface area contributed by atoms with Crippen LogP contribution in [0.5, 0.6) is 0 Å². The third-order valence-corrected chi connectivity index (χ3v) is 3.45. The summed E-state index contributed by atoms with van der Waals surface area (Å²) in [5.41, 5.74) is 2.77. The summed E-state index contributed by atoms with van der Waals surface area (Å²) in [4.78, 5) is 14.2. The zero-order chi connectivity index (χ0) is 12.0. The molecule has 1 atom stereocenters. The summed E-state index contributed by atoms with van der Waals surface area (Å²) in [7, 11) is 0. The molecule has 0 saturated heterocycles. The molecule has 0 radical (unpaired) electrons. The van der Waals surface area contributed by atoms with Gasteiger partial charge in [0.2, 0.25) is 0 Å². The van der Waals surface area contributed by atoms with Crippen LogP contribution in [0.1, 0.15) is 17.7 Å². The number of carboxylic acid groups (broad SMARTS) is 1. The lowest BCUT2D eigenvalue weighted by Gasteiger charge is -2.18. The van der Waals surface area contributed by atoms with Gasteiger partial charge in [-0.15, -0.1) is 10.2 Å². The Kier molecular flexibility index (Phi) is 2.29. The molecule has 0 aromatic carbocycles. The minimum atomic E-state index is -0.738. The van der Waals surface area contributed by atoms with Crippen LogP contribution in [0.3, 0.4) is 0 Å². The van der Waals surface area contributed by atoms with E-state index in [4.69, 9.17) is 16.7 Å². The fourth-order valence-electron chi connectivity index (χ4n) is 2.40. The molecule has 1 aliphatic carbocycles. The number of aromatic amines is 1. The second-order valence-electron chi connectivity index (χ2n) is 4.29. The van der Waals surface area contributed by atoms with E-state index in [1.165, 1.54) is 0 Å². The number of aromatic nitrogens is 3. The molecule has 6 heteroatoms. The van der Waals surface area contributed by atoms with E-state index in [2.05, 4.69) is 15.2 Å². The van der Waals surface area contributed by atoms with E-state index in [1.807, 2.05) is 0 Å². The zero-order valence-electron chi connectivity index (χ0n) is 8.90. The SMILES string of the molecule is O=C(O)C1CCc2[nH]c3nnc(Cl)cc3c2C1. The highest BCUT2D eigenvalue weighted by Gasteiger charge is 2.27. The van der Waals surface area contributed by atoms with Gasteiger partial charge in [-0.2, -0.15) is 0 Å². The largest absolute Gasteiger partial charge is 0.481 e. The Morgan fingerprint density at radius 3 is 3.12 bits per heavy atom. The number of carbonyl (C=O) groups is 1. The maximum Gasteiger partial charge on any atom is 0.306 e. The maximum absolute atomic E-state index is 11.0. The first kappa shape index (κ1) is 10.5. The Hall–Kier alpha value is -1.62. The summed E-state index contributed by atoms with van der Waals surface area (Å²) in [6.45, 7) is 0. The Balaban J connectivity index is 2.13. The van der Waals surface area contributed by atoms with Gasteiger partial charge in [-0.3, -0.25) is 4.79 Å². The molecule has 0 bridgehead atoms. The number of nitrogens with one attached hydrogen (secondary N) is 1. The van der Waals surface area contributed by atoms with Gasteiger partial charge in [0.1, 0.15) is 0 Å². The normalized spacial score (nSPS) is 19.2. The molecule has 3 rings (SSSR count). The second-order valence-corrected chi connectivity index (χ2v) is 4.68. The van der Waals surface area contributed by atoms with Gasteiger partial charge in [0.05, 0.1) is 5.92 Å². The van der Waals surface area contributed by atoms with Crippen LogP contribution in [0.4, 0.5) is 0 Å². The fraction of sp³-hybridized carbons (Fsp3) is 0.364. The molecule has 1 unspecified atom stereocenters. The quantitative estimate of drug-likeness (QED) is 0.810. The summed E-state index contributed by atoms with van der Waals surface area (Å²) in [5.74, 6) is -1.05. The molecule has 2 heterocycles. The highest BCUT2D eigenvalue weighted by molar-refractivity contribution is 6.29. The Morgan fingerprint density at radius 1 is 1.53 bits per heavy atom. The maximum atomic E-state index is 11.0. The van der Waals surface area contributed by atoms with Crippen LogP contribution in [-0.2, 0) is 17.6 Å². The van der Waals surface area contributed by atoms with Crippen molar-refractivity contribution >= 4 is 28.6 Å². The van der Waals surface area contributed by atoms with Crippen molar-refractivity contribution in [3.05, 3.63) is 22.5 Å². The summed E-state index contributed by atoms with van der Waals surface area (Å²) in [6.07, 6.45) is 1.93. The predicted octanol–water partition coefficient (Wildman–Crippen LogP) is 1.80. The zero-order valence-corrected chi connectivity index (χ0v) is 9.66. The Morgan fingerprint density at radius 2 is 2.35 bits per heavy atom. The first-order valence-electron chi connectivity index (χ1n) is 5.40. The lowest BCUT2D eigenvalue weighted by molar-refractivity contribution is -0.142. The number of rotatable bonds is 1. The van der Waals surface area contributed by atoms with Crippen LogP contribution < -0.4 is 0 Å². The van der Waals surface area contributed by atoms with E-state index in [-0.39, 0.29) is 5.92 Å². The number of fused-ring (bicyclic) bond motifs is 3. The first-order chi connectivity index (χ1) is 8.15. The third-order valence-electron chi connectivity index (χ3n) is 3.27. The van der Waals surface area contributed by atoms with Crippen molar-refractivity contribution in [3.8, 4) is 0 Å². The highest BCUT2D eigenvalue weighted by Crippen LogP contribution is 2.31. The fourth-order valence-corrected chi connectivity index (χ4v) is 2.54. The molecule has 0 aliphatic heterocycles. The van der Waals surface area contributed by atoms with Gasteiger partial charge in [-0.05, 0) is 30.9 Å². The number of hydrogen-bond donors (Lipinski definition) is 2. The molecule has 88 valence electrons. The molecule has 0 saturated carbocycles. The number of aryl methyl sites for hydroxylation is 1.